The summed E-state index contributed by atoms with van der Waals surface area (Å²) in [7, 11) is -10.7. The zero-order valence-corrected chi connectivity index (χ0v) is 15.7. The molecule has 3 aromatic carbocycles. The van der Waals surface area contributed by atoms with Crippen LogP contribution >= 0.6 is 7.81 Å². The molecule has 0 aliphatic heterocycles. The first-order valence-electron chi connectivity index (χ1n) is 7.72. The minimum atomic E-state index is -10.7. The SMILES string of the molecule is F[P-](F)(F)(F)(F)F.Oc1ccc(CC([SH2+])c2cccc3ccccc23)cc1. The molecule has 1 atom stereocenters. The predicted octanol–water partition coefficient (Wildman–Crippen LogP) is 7.22. The van der Waals surface area contributed by atoms with Crippen molar-refractivity contribution in [3.63, 3.8) is 0 Å². The zero-order chi connectivity index (χ0) is 20.4. The van der Waals surface area contributed by atoms with E-state index in [1.165, 1.54) is 21.9 Å². The third-order valence-corrected chi connectivity index (χ3v) is 4.09. The molecule has 3 aromatic rings. The topological polar surface area (TPSA) is 20.2 Å². The molecule has 1 nitrogen and oxygen atoms in total. The van der Waals surface area contributed by atoms with Crippen LogP contribution in [0.5, 0.6) is 5.75 Å². The maximum absolute atomic E-state index is 10.7. The number of hydrogen-bond acceptors (Lipinski definition) is 1. The Morgan fingerprint density at radius 3 is 1.89 bits per heavy atom. The van der Waals surface area contributed by atoms with Crippen LogP contribution in [-0.4, -0.2) is 5.11 Å². The summed E-state index contributed by atoms with van der Waals surface area (Å²) < 4.78 is 59.2. The van der Waals surface area contributed by atoms with Crippen molar-refractivity contribution in [3.8, 4) is 5.75 Å². The molecular formula is C18H17F6OPS. The number of hydrogen-bond donors (Lipinski definition) is 1. The van der Waals surface area contributed by atoms with Crippen molar-refractivity contribution in [2.45, 2.75) is 11.7 Å². The van der Waals surface area contributed by atoms with E-state index in [1.807, 2.05) is 12.1 Å². The van der Waals surface area contributed by atoms with Gasteiger partial charge in [-0.2, -0.15) is 0 Å². The molecule has 1 N–H and O–H groups in total. The second-order valence-electron chi connectivity index (χ2n) is 5.95. The Kier molecular flexibility index (Phi) is 5.47. The van der Waals surface area contributed by atoms with Crippen molar-refractivity contribution >= 4 is 31.2 Å². The first-order chi connectivity index (χ1) is 12.2. The Labute approximate surface area is 157 Å². The molecule has 0 aliphatic carbocycles. The van der Waals surface area contributed by atoms with Gasteiger partial charge in [0.25, 0.3) is 0 Å². The van der Waals surface area contributed by atoms with Gasteiger partial charge in [0.05, 0.1) is 0 Å². The fraction of sp³-hybridized carbons (Fsp3) is 0.111. The van der Waals surface area contributed by atoms with Gasteiger partial charge in [-0.05, 0) is 41.1 Å². The summed E-state index contributed by atoms with van der Waals surface area (Å²) in [6.45, 7) is 0. The molecule has 0 bridgehead atoms. The quantitative estimate of drug-likeness (QED) is 0.266. The Bertz CT molecular complexity index is 910. The number of benzene rings is 3. The van der Waals surface area contributed by atoms with Gasteiger partial charge in [0.1, 0.15) is 11.0 Å². The molecule has 0 aliphatic rings. The monoisotopic (exact) mass is 426 g/mol. The van der Waals surface area contributed by atoms with Crippen LogP contribution in [0, 0.1) is 0 Å². The fourth-order valence-electron chi connectivity index (χ4n) is 2.53. The van der Waals surface area contributed by atoms with Crippen molar-refractivity contribution < 1.29 is 30.3 Å². The van der Waals surface area contributed by atoms with E-state index in [0.29, 0.717) is 5.75 Å². The van der Waals surface area contributed by atoms with Gasteiger partial charge in [-0.25, -0.2) is 0 Å². The van der Waals surface area contributed by atoms with E-state index in [0.717, 1.165) is 6.42 Å². The summed E-state index contributed by atoms with van der Waals surface area (Å²) in [5.74, 6) is 0.310. The van der Waals surface area contributed by atoms with Crippen molar-refractivity contribution in [2.75, 3.05) is 0 Å². The van der Waals surface area contributed by atoms with Gasteiger partial charge < -0.3 is 5.11 Å². The van der Waals surface area contributed by atoms with Crippen LogP contribution < -0.4 is 0 Å². The van der Waals surface area contributed by atoms with Crippen LogP contribution in [0.15, 0.2) is 66.7 Å². The van der Waals surface area contributed by atoms with Crippen molar-refractivity contribution in [1.82, 2.24) is 0 Å². The van der Waals surface area contributed by atoms with Crippen molar-refractivity contribution in [1.29, 1.82) is 0 Å². The molecule has 0 radical (unpaired) electrons. The largest absolute Gasteiger partial charge is 0.508 e. The molecule has 148 valence electrons. The normalized spacial score (nSPS) is 15.2. The molecular weight excluding hydrogens is 409 g/mol. The third-order valence-electron chi connectivity index (χ3n) is 3.57. The molecule has 0 fully saturated rings. The smallest absolute Gasteiger partial charge is 0.143 e. The van der Waals surface area contributed by atoms with Gasteiger partial charge in [0.2, 0.25) is 0 Å². The molecule has 0 heterocycles. The molecule has 0 amide bonds. The summed E-state index contributed by atoms with van der Waals surface area (Å²) >= 11 is 3.86. The van der Waals surface area contributed by atoms with Gasteiger partial charge >= 0.3 is 33.0 Å². The summed E-state index contributed by atoms with van der Waals surface area (Å²) in [5.41, 5.74) is 2.50. The first-order valence-corrected chi connectivity index (χ1v) is 10.3. The Morgan fingerprint density at radius 1 is 0.778 bits per heavy atom. The number of aromatic hydroxyl groups is 1. The molecule has 1 unspecified atom stereocenters. The van der Waals surface area contributed by atoms with E-state index in [-0.39, 0.29) is 5.25 Å². The number of phenols is 1. The second kappa shape index (κ2) is 6.91. The van der Waals surface area contributed by atoms with E-state index in [2.05, 4.69) is 55.1 Å². The van der Waals surface area contributed by atoms with Crippen LogP contribution in [0.2, 0.25) is 0 Å². The first kappa shape index (κ1) is 21.4. The Hall–Kier alpha value is -1.92. The van der Waals surface area contributed by atoms with Gasteiger partial charge in [-0.1, -0.05) is 54.6 Å². The van der Waals surface area contributed by atoms with Gasteiger partial charge in [0.15, 0.2) is 0 Å². The van der Waals surface area contributed by atoms with Gasteiger partial charge in [-0.3, -0.25) is 0 Å². The zero-order valence-electron chi connectivity index (χ0n) is 13.8. The number of phenolic OH excluding ortho intramolecular Hbond substituents is 1. The summed E-state index contributed by atoms with van der Waals surface area (Å²) in [6, 6.07) is 22.2. The van der Waals surface area contributed by atoms with E-state index in [1.54, 1.807) is 12.1 Å². The van der Waals surface area contributed by atoms with Crippen molar-refractivity contribution in [2.24, 2.45) is 0 Å². The van der Waals surface area contributed by atoms with Crippen LogP contribution in [0.3, 0.4) is 0 Å². The Morgan fingerprint density at radius 2 is 1.30 bits per heavy atom. The standard InChI is InChI=1S/C18H16OS.F6P/c19-15-10-8-13(9-11-15)12-18(20)17-7-3-5-14-4-1-2-6-16(14)17;1-7(2,3,4,5)6/h1-11,18-20H,12H2;/q;-1/p+1. The number of fused-ring (bicyclic) bond motifs is 1. The van der Waals surface area contributed by atoms with E-state index in [4.69, 9.17) is 0 Å². The minimum absolute atomic E-state index is 0.255. The molecule has 0 spiro atoms. The average molecular weight is 426 g/mol. The van der Waals surface area contributed by atoms with E-state index < -0.39 is 7.81 Å². The molecule has 9 heteroatoms. The molecule has 0 saturated heterocycles. The summed E-state index contributed by atoms with van der Waals surface area (Å²) in [5, 5.41) is 12.1. The van der Waals surface area contributed by atoms with Gasteiger partial charge in [0, 0.05) is 12.0 Å². The number of rotatable bonds is 3. The van der Waals surface area contributed by atoms with Crippen LogP contribution in [0.25, 0.3) is 10.8 Å². The second-order valence-corrected chi connectivity index (χ2v) is 8.56. The maximum Gasteiger partial charge on any atom is 0.143 e. The van der Waals surface area contributed by atoms with Crippen LogP contribution in [0.1, 0.15) is 16.4 Å². The molecule has 0 saturated carbocycles. The van der Waals surface area contributed by atoms with Crippen LogP contribution in [0.4, 0.5) is 25.2 Å². The maximum atomic E-state index is 9.87. The Balaban J connectivity index is 0.000000321. The summed E-state index contributed by atoms with van der Waals surface area (Å²) in [4.78, 5) is 0. The van der Waals surface area contributed by atoms with E-state index in [9.17, 15) is 30.3 Å². The van der Waals surface area contributed by atoms with Crippen LogP contribution in [-0.2, 0) is 19.0 Å². The fourth-order valence-corrected chi connectivity index (χ4v) is 3.02. The van der Waals surface area contributed by atoms with Crippen molar-refractivity contribution in [3.05, 3.63) is 77.9 Å². The number of halogens is 6. The molecule has 0 aromatic heterocycles. The van der Waals surface area contributed by atoms with Gasteiger partial charge in [-0.15, -0.1) is 0 Å². The summed E-state index contributed by atoms with van der Waals surface area (Å²) in [6.07, 6.45) is 0.894. The predicted molar refractivity (Wildman–Crippen MR) is 102 cm³/mol. The van der Waals surface area contributed by atoms with E-state index >= 15 is 0 Å². The minimum Gasteiger partial charge on any atom is -0.508 e. The average Bonchev–Trinajstić information content (AvgIpc) is 2.53. The molecule has 27 heavy (non-hydrogen) atoms. The third kappa shape index (κ3) is 8.54. The molecule has 3 rings (SSSR count).